The molecule has 0 bridgehead atoms. The van der Waals surface area contributed by atoms with Gasteiger partial charge >= 0.3 is 0 Å². The lowest BCUT2D eigenvalue weighted by molar-refractivity contribution is 0.669. The maximum Gasteiger partial charge on any atom is 0.160 e. The quantitative estimate of drug-likeness (QED) is 0.214. The summed E-state index contributed by atoms with van der Waals surface area (Å²) in [6, 6.07) is 47.9. The largest absolute Gasteiger partial charge is 0.456 e. The maximum atomic E-state index is 6.03. The molecule has 0 N–H and O–H groups in total. The predicted molar refractivity (Wildman–Crippen MR) is 174 cm³/mol. The van der Waals surface area contributed by atoms with E-state index >= 15 is 0 Å². The van der Waals surface area contributed by atoms with E-state index in [2.05, 4.69) is 96.0 Å². The number of nitrogens with zero attached hydrogens (tertiary/aromatic N) is 3. The third kappa shape index (κ3) is 4.75. The molecular formula is C39H25N3O. The molecule has 8 aromatic rings. The van der Waals surface area contributed by atoms with Gasteiger partial charge in [0.1, 0.15) is 11.2 Å². The maximum absolute atomic E-state index is 6.03. The summed E-state index contributed by atoms with van der Waals surface area (Å²) in [6.45, 7) is 0. The van der Waals surface area contributed by atoms with Crippen molar-refractivity contribution in [2.24, 2.45) is 0 Å². The Balaban J connectivity index is 1.17. The molecule has 0 saturated carbocycles. The van der Waals surface area contributed by atoms with Crippen molar-refractivity contribution in [3.8, 4) is 56.2 Å². The van der Waals surface area contributed by atoms with Crippen LogP contribution in [-0.4, -0.2) is 15.0 Å². The number of furan rings is 1. The summed E-state index contributed by atoms with van der Waals surface area (Å²) in [5, 5.41) is 2.26. The second-order valence-corrected chi connectivity index (χ2v) is 10.5. The Morgan fingerprint density at radius 1 is 0.372 bits per heavy atom. The Morgan fingerprint density at radius 3 is 1.65 bits per heavy atom. The molecule has 3 heterocycles. The Morgan fingerprint density at radius 2 is 0.907 bits per heavy atom. The molecule has 0 fully saturated rings. The molecular weight excluding hydrogens is 526 g/mol. The molecule has 4 heteroatoms. The van der Waals surface area contributed by atoms with Crippen molar-refractivity contribution in [3.05, 3.63) is 152 Å². The molecule has 0 radical (unpaired) electrons. The number of pyridine rings is 1. The van der Waals surface area contributed by atoms with Crippen LogP contribution in [0.2, 0.25) is 0 Å². The Labute approximate surface area is 249 Å². The van der Waals surface area contributed by atoms with Crippen LogP contribution < -0.4 is 0 Å². The highest BCUT2D eigenvalue weighted by atomic mass is 16.3. The highest BCUT2D eigenvalue weighted by molar-refractivity contribution is 6.06. The number of hydrogen-bond acceptors (Lipinski definition) is 4. The van der Waals surface area contributed by atoms with Gasteiger partial charge in [0, 0.05) is 39.9 Å². The Bertz CT molecular complexity index is 2200. The fourth-order valence-electron chi connectivity index (χ4n) is 5.58. The summed E-state index contributed by atoms with van der Waals surface area (Å²) in [5.41, 5.74) is 11.2. The number of benzene rings is 5. The van der Waals surface area contributed by atoms with Gasteiger partial charge in [-0.25, -0.2) is 9.97 Å². The molecule has 0 spiro atoms. The van der Waals surface area contributed by atoms with Crippen molar-refractivity contribution >= 4 is 21.9 Å². The van der Waals surface area contributed by atoms with E-state index in [-0.39, 0.29) is 0 Å². The van der Waals surface area contributed by atoms with Crippen LogP contribution >= 0.6 is 0 Å². The number of para-hydroxylation sites is 1. The first-order chi connectivity index (χ1) is 21.3. The standard InChI is InChI=1S/C39H25N3O/c1-2-6-29(7-3-1)35-25-36(42-39(41-35)31-16-12-26(13-17-31)28-20-22-40-23-21-28)30-14-10-27(11-15-30)32-18-19-38-34(24-32)33-8-4-5-9-37(33)43-38/h1-25H. The van der Waals surface area contributed by atoms with Gasteiger partial charge in [-0.1, -0.05) is 103 Å². The van der Waals surface area contributed by atoms with Crippen molar-refractivity contribution in [1.29, 1.82) is 0 Å². The summed E-state index contributed by atoms with van der Waals surface area (Å²) in [4.78, 5) is 14.2. The average molecular weight is 552 g/mol. The Kier molecular flexibility index (Phi) is 6.08. The van der Waals surface area contributed by atoms with E-state index < -0.39 is 0 Å². The number of rotatable bonds is 5. The van der Waals surface area contributed by atoms with E-state index in [1.165, 1.54) is 0 Å². The van der Waals surface area contributed by atoms with Crippen LogP contribution in [0.15, 0.2) is 156 Å². The van der Waals surface area contributed by atoms with E-state index in [1.54, 1.807) is 0 Å². The van der Waals surface area contributed by atoms with E-state index in [0.717, 1.165) is 72.3 Å². The predicted octanol–water partition coefficient (Wildman–Crippen LogP) is 10.1. The number of hydrogen-bond donors (Lipinski definition) is 0. The zero-order chi connectivity index (χ0) is 28.6. The van der Waals surface area contributed by atoms with E-state index in [0.29, 0.717) is 5.82 Å². The van der Waals surface area contributed by atoms with Crippen LogP contribution in [-0.2, 0) is 0 Å². The van der Waals surface area contributed by atoms with Crippen molar-refractivity contribution in [1.82, 2.24) is 15.0 Å². The molecule has 202 valence electrons. The Hall–Kier alpha value is -5.87. The van der Waals surface area contributed by atoms with Gasteiger partial charge in [0.15, 0.2) is 5.82 Å². The summed E-state index contributed by atoms with van der Waals surface area (Å²) < 4.78 is 6.03. The molecule has 43 heavy (non-hydrogen) atoms. The fourth-order valence-corrected chi connectivity index (χ4v) is 5.58. The molecule has 0 amide bonds. The molecule has 0 aliphatic heterocycles. The van der Waals surface area contributed by atoms with Crippen molar-refractivity contribution < 1.29 is 4.42 Å². The second-order valence-electron chi connectivity index (χ2n) is 10.5. The summed E-state index contributed by atoms with van der Waals surface area (Å²) in [6.07, 6.45) is 3.62. The molecule has 0 aliphatic rings. The molecule has 8 rings (SSSR count). The van der Waals surface area contributed by atoms with Gasteiger partial charge in [-0.3, -0.25) is 4.98 Å². The van der Waals surface area contributed by atoms with Crippen molar-refractivity contribution in [2.45, 2.75) is 0 Å². The van der Waals surface area contributed by atoms with E-state index in [9.17, 15) is 0 Å². The van der Waals surface area contributed by atoms with Gasteiger partial charge in [0.2, 0.25) is 0 Å². The van der Waals surface area contributed by atoms with Gasteiger partial charge in [0.05, 0.1) is 11.4 Å². The van der Waals surface area contributed by atoms with Gasteiger partial charge in [-0.2, -0.15) is 0 Å². The highest BCUT2D eigenvalue weighted by Gasteiger charge is 2.12. The first kappa shape index (κ1) is 24.9. The molecule has 0 atom stereocenters. The first-order valence-electron chi connectivity index (χ1n) is 14.3. The molecule has 0 aliphatic carbocycles. The normalized spacial score (nSPS) is 11.3. The second kappa shape index (κ2) is 10.5. The van der Waals surface area contributed by atoms with Crippen LogP contribution in [0.1, 0.15) is 0 Å². The zero-order valence-electron chi connectivity index (χ0n) is 23.2. The SMILES string of the molecule is c1ccc(-c2cc(-c3ccc(-c4ccc5oc6ccccc6c5c4)cc3)nc(-c3ccc(-c4ccncc4)cc3)n2)cc1. The van der Waals surface area contributed by atoms with Gasteiger partial charge in [-0.05, 0) is 58.7 Å². The minimum Gasteiger partial charge on any atom is -0.456 e. The molecule has 0 saturated heterocycles. The lowest BCUT2D eigenvalue weighted by Gasteiger charge is -2.11. The topological polar surface area (TPSA) is 51.8 Å². The molecule has 5 aromatic carbocycles. The van der Waals surface area contributed by atoms with Crippen LogP contribution in [0.4, 0.5) is 0 Å². The van der Waals surface area contributed by atoms with E-state index in [1.807, 2.05) is 60.9 Å². The number of fused-ring (bicyclic) bond motifs is 3. The fraction of sp³-hybridized carbons (Fsp3) is 0. The highest BCUT2D eigenvalue weighted by Crippen LogP contribution is 2.34. The zero-order valence-corrected chi connectivity index (χ0v) is 23.2. The first-order valence-corrected chi connectivity index (χ1v) is 14.3. The van der Waals surface area contributed by atoms with Crippen LogP contribution in [0.25, 0.3) is 78.1 Å². The lowest BCUT2D eigenvalue weighted by Crippen LogP contribution is -1.96. The third-order valence-corrected chi connectivity index (χ3v) is 7.84. The van der Waals surface area contributed by atoms with Crippen LogP contribution in [0.3, 0.4) is 0 Å². The van der Waals surface area contributed by atoms with Crippen LogP contribution in [0, 0.1) is 0 Å². The molecule has 3 aromatic heterocycles. The molecule has 4 nitrogen and oxygen atoms in total. The number of aromatic nitrogens is 3. The summed E-state index contributed by atoms with van der Waals surface area (Å²) in [5.74, 6) is 0.694. The summed E-state index contributed by atoms with van der Waals surface area (Å²) >= 11 is 0. The minimum absolute atomic E-state index is 0.694. The third-order valence-electron chi connectivity index (χ3n) is 7.84. The van der Waals surface area contributed by atoms with Gasteiger partial charge in [-0.15, -0.1) is 0 Å². The van der Waals surface area contributed by atoms with Gasteiger partial charge in [0.25, 0.3) is 0 Å². The van der Waals surface area contributed by atoms with Crippen molar-refractivity contribution in [2.75, 3.05) is 0 Å². The molecule has 0 unspecified atom stereocenters. The van der Waals surface area contributed by atoms with Crippen molar-refractivity contribution in [3.63, 3.8) is 0 Å². The van der Waals surface area contributed by atoms with Gasteiger partial charge < -0.3 is 4.42 Å². The minimum atomic E-state index is 0.694. The van der Waals surface area contributed by atoms with Crippen LogP contribution in [0.5, 0.6) is 0 Å². The average Bonchev–Trinajstić information content (AvgIpc) is 3.47. The lowest BCUT2D eigenvalue weighted by atomic mass is 10.00. The van der Waals surface area contributed by atoms with E-state index in [4.69, 9.17) is 14.4 Å². The summed E-state index contributed by atoms with van der Waals surface area (Å²) in [7, 11) is 0. The monoisotopic (exact) mass is 551 g/mol. The smallest absolute Gasteiger partial charge is 0.160 e.